The monoisotopic (exact) mass is 391 g/mol. The van der Waals surface area contributed by atoms with Gasteiger partial charge in [-0.2, -0.15) is 31.4 Å². The second kappa shape index (κ2) is 6.64. The van der Waals surface area contributed by atoms with Crippen molar-refractivity contribution in [2.75, 3.05) is 6.61 Å². The molecule has 0 bridgehead atoms. The van der Waals surface area contributed by atoms with Crippen LogP contribution in [0, 0.1) is 6.92 Å². The summed E-state index contributed by atoms with van der Waals surface area (Å²) in [6.07, 6.45) is -1.90. The van der Waals surface area contributed by atoms with Crippen molar-refractivity contribution >= 4 is 0 Å². The second-order valence-electron chi connectivity index (χ2n) is 4.96. The quantitative estimate of drug-likeness (QED) is 0.680. The first-order valence-corrected chi connectivity index (χ1v) is 6.63. The topological polar surface area (TPSA) is 65.7 Å². The average molecular weight is 391 g/mol. The third-order valence-electron chi connectivity index (χ3n) is 3.19. The van der Waals surface area contributed by atoms with Crippen molar-refractivity contribution < 1.29 is 39.9 Å². The first-order chi connectivity index (χ1) is 11.9. The van der Waals surface area contributed by atoms with E-state index in [2.05, 4.69) is 24.8 Å². The van der Waals surface area contributed by atoms with E-state index in [1.54, 1.807) is 0 Å². The van der Waals surface area contributed by atoms with Crippen molar-refractivity contribution in [3.63, 3.8) is 0 Å². The normalized spacial score (nSPS) is 13.3. The Balaban J connectivity index is 2.24. The first-order valence-electron chi connectivity index (χ1n) is 6.63. The first kappa shape index (κ1) is 19.8. The zero-order valence-corrected chi connectivity index (χ0v) is 12.7. The molecule has 14 heteroatoms. The van der Waals surface area contributed by atoms with Gasteiger partial charge in [0.25, 0.3) is 0 Å². The Morgan fingerprint density at radius 3 is 2.27 bits per heavy atom. The molecule has 2 aromatic rings. The predicted molar refractivity (Wildman–Crippen MR) is 68.0 cm³/mol. The van der Waals surface area contributed by atoms with E-state index in [1.165, 1.54) is 13.3 Å². The summed E-state index contributed by atoms with van der Waals surface area (Å²) < 4.78 is 109. The minimum absolute atomic E-state index is 0.0134. The molecule has 0 spiro atoms. The lowest BCUT2D eigenvalue weighted by atomic mass is 10.1. The Bertz CT molecular complexity index is 752. The SMILES string of the molecule is Cc1c(OCC(F)(F)C(F)(F)C(F)(F)C(F)F)ncnc1-n1cncn1. The van der Waals surface area contributed by atoms with Gasteiger partial charge in [-0.15, -0.1) is 0 Å². The molecule has 0 aliphatic rings. The largest absolute Gasteiger partial charge is 0.471 e. The highest BCUT2D eigenvalue weighted by Crippen LogP contribution is 2.48. The Morgan fingerprint density at radius 2 is 1.73 bits per heavy atom. The second-order valence-corrected chi connectivity index (χ2v) is 4.96. The molecule has 0 saturated heterocycles. The molecule has 26 heavy (non-hydrogen) atoms. The molecule has 2 heterocycles. The van der Waals surface area contributed by atoms with E-state index in [9.17, 15) is 35.1 Å². The lowest BCUT2D eigenvalue weighted by Gasteiger charge is -2.31. The van der Waals surface area contributed by atoms with Crippen LogP contribution in [-0.2, 0) is 0 Å². The lowest BCUT2D eigenvalue weighted by Crippen LogP contribution is -2.59. The van der Waals surface area contributed by atoms with Crippen LogP contribution in [0.15, 0.2) is 19.0 Å². The van der Waals surface area contributed by atoms with Gasteiger partial charge in [0.15, 0.2) is 12.4 Å². The minimum atomic E-state index is -6.36. The smallest absolute Gasteiger partial charge is 0.381 e. The summed E-state index contributed by atoms with van der Waals surface area (Å²) in [5.41, 5.74) is -0.0577. The zero-order valence-electron chi connectivity index (χ0n) is 12.7. The van der Waals surface area contributed by atoms with Crippen LogP contribution in [0.2, 0.25) is 0 Å². The lowest BCUT2D eigenvalue weighted by molar-refractivity contribution is -0.342. The van der Waals surface area contributed by atoms with Crippen LogP contribution in [0.25, 0.3) is 5.82 Å². The number of hydrogen-bond acceptors (Lipinski definition) is 5. The molecule has 0 atom stereocenters. The molecule has 0 fully saturated rings. The fourth-order valence-corrected chi connectivity index (χ4v) is 1.75. The number of aromatic nitrogens is 5. The standard InChI is InChI=1S/C12H9F8N5O/c1-6-7(25-5-21-3-24-25)22-4-23-8(6)26-2-10(15,16)12(19,20)11(17,18)9(13)14/h3-5,9H,2H2,1H3. The summed E-state index contributed by atoms with van der Waals surface area (Å²) in [5, 5.41) is 3.70. The van der Waals surface area contributed by atoms with E-state index < -0.39 is 36.7 Å². The molecule has 2 rings (SSSR count). The molecule has 0 saturated carbocycles. The molecule has 0 unspecified atom stereocenters. The maximum Gasteiger partial charge on any atom is 0.381 e. The van der Waals surface area contributed by atoms with E-state index >= 15 is 0 Å². The summed E-state index contributed by atoms with van der Waals surface area (Å²) >= 11 is 0. The van der Waals surface area contributed by atoms with Crippen molar-refractivity contribution in [3.8, 4) is 11.7 Å². The molecule has 2 aromatic heterocycles. The van der Waals surface area contributed by atoms with Crippen LogP contribution in [0.5, 0.6) is 5.88 Å². The Hall–Kier alpha value is -2.54. The van der Waals surface area contributed by atoms with Crippen molar-refractivity contribution in [2.24, 2.45) is 0 Å². The third-order valence-corrected chi connectivity index (χ3v) is 3.19. The van der Waals surface area contributed by atoms with Crippen LogP contribution in [-0.4, -0.2) is 55.5 Å². The van der Waals surface area contributed by atoms with Crippen LogP contribution < -0.4 is 4.74 Å². The highest BCUT2D eigenvalue weighted by Gasteiger charge is 2.75. The summed E-state index contributed by atoms with van der Waals surface area (Å²) in [6.45, 7) is -1.08. The maximum atomic E-state index is 13.5. The van der Waals surface area contributed by atoms with E-state index in [1.807, 2.05) is 0 Å². The molecule has 0 amide bonds. The molecule has 6 nitrogen and oxygen atoms in total. The summed E-state index contributed by atoms with van der Waals surface area (Å²) in [7, 11) is 0. The molecule has 144 valence electrons. The Labute approximate surface area is 139 Å². The molecular weight excluding hydrogens is 382 g/mol. The van der Waals surface area contributed by atoms with Crippen molar-refractivity contribution in [1.82, 2.24) is 24.7 Å². The van der Waals surface area contributed by atoms with Gasteiger partial charge >= 0.3 is 24.2 Å². The van der Waals surface area contributed by atoms with Gasteiger partial charge in [0.2, 0.25) is 5.88 Å². The minimum Gasteiger partial charge on any atom is -0.471 e. The van der Waals surface area contributed by atoms with Crippen molar-refractivity contribution in [1.29, 1.82) is 0 Å². The average Bonchev–Trinajstić information content (AvgIpc) is 3.07. The Kier molecular flexibility index (Phi) is 5.05. The van der Waals surface area contributed by atoms with E-state index in [-0.39, 0.29) is 11.4 Å². The van der Waals surface area contributed by atoms with Gasteiger partial charge < -0.3 is 4.74 Å². The highest BCUT2D eigenvalue weighted by atomic mass is 19.4. The number of halogens is 8. The molecular formula is C12H9F8N5O. The molecule has 0 aromatic carbocycles. The van der Waals surface area contributed by atoms with E-state index in [0.717, 1.165) is 17.3 Å². The van der Waals surface area contributed by atoms with Crippen LogP contribution in [0.3, 0.4) is 0 Å². The summed E-state index contributed by atoms with van der Waals surface area (Å²) in [6, 6.07) is 0. The van der Waals surface area contributed by atoms with Crippen LogP contribution in [0.1, 0.15) is 5.56 Å². The summed E-state index contributed by atoms with van der Waals surface area (Å²) in [4.78, 5) is 10.8. The molecule has 0 aliphatic heterocycles. The zero-order chi connectivity index (χ0) is 19.8. The fraction of sp³-hybridized carbons (Fsp3) is 0.500. The van der Waals surface area contributed by atoms with Gasteiger partial charge in [-0.05, 0) is 6.92 Å². The number of alkyl halides is 8. The van der Waals surface area contributed by atoms with Gasteiger partial charge in [-0.3, -0.25) is 0 Å². The van der Waals surface area contributed by atoms with Crippen LogP contribution >= 0.6 is 0 Å². The van der Waals surface area contributed by atoms with Gasteiger partial charge in [0.1, 0.15) is 19.0 Å². The van der Waals surface area contributed by atoms with Gasteiger partial charge in [-0.1, -0.05) is 0 Å². The van der Waals surface area contributed by atoms with Crippen molar-refractivity contribution in [2.45, 2.75) is 31.1 Å². The maximum absolute atomic E-state index is 13.5. The fourth-order valence-electron chi connectivity index (χ4n) is 1.75. The number of ether oxygens (including phenoxy) is 1. The Morgan fingerprint density at radius 1 is 1.08 bits per heavy atom. The predicted octanol–water partition coefficient (Wildman–Crippen LogP) is 2.92. The number of hydrogen-bond donors (Lipinski definition) is 0. The molecule has 0 aliphatic carbocycles. The van der Waals surface area contributed by atoms with Crippen LogP contribution in [0.4, 0.5) is 35.1 Å². The third kappa shape index (κ3) is 3.26. The number of nitrogens with zero attached hydrogens (tertiary/aromatic N) is 5. The van der Waals surface area contributed by atoms with Crippen molar-refractivity contribution in [3.05, 3.63) is 24.5 Å². The van der Waals surface area contributed by atoms with Gasteiger partial charge in [-0.25, -0.2) is 28.4 Å². The number of rotatable bonds is 7. The van der Waals surface area contributed by atoms with E-state index in [4.69, 9.17) is 0 Å². The van der Waals surface area contributed by atoms with Gasteiger partial charge in [0, 0.05) is 0 Å². The molecule has 0 radical (unpaired) electrons. The molecule has 0 N–H and O–H groups in total. The van der Waals surface area contributed by atoms with Gasteiger partial charge in [0.05, 0.1) is 5.56 Å². The van der Waals surface area contributed by atoms with E-state index in [0.29, 0.717) is 0 Å². The summed E-state index contributed by atoms with van der Waals surface area (Å²) in [5.74, 6) is -18.9. The highest BCUT2D eigenvalue weighted by molar-refractivity contribution is 5.37.